The summed E-state index contributed by atoms with van der Waals surface area (Å²) in [5.74, 6) is 0.892. The van der Waals surface area contributed by atoms with Crippen LogP contribution < -0.4 is 10.1 Å². The van der Waals surface area contributed by atoms with Crippen molar-refractivity contribution >= 4 is 11.8 Å². The number of carbonyl (C=O) groups excluding carboxylic acids is 2. The second-order valence-electron chi connectivity index (χ2n) is 16.9. The first-order valence-electron chi connectivity index (χ1n) is 22.1. The molecule has 2 saturated heterocycles. The lowest BCUT2D eigenvalue weighted by Gasteiger charge is -2.39. The van der Waals surface area contributed by atoms with E-state index in [1.54, 1.807) is 7.11 Å². The highest BCUT2D eigenvalue weighted by molar-refractivity contribution is 5.95. The van der Waals surface area contributed by atoms with Gasteiger partial charge in [0.15, 0.2) is 0 Å². The molecule has 2 amide bonds. The van der Waals surface area contributed by atoms with Crippen LogP contribution in [0, 0.1) is 10.8 Å². The third-order valence-corrected chi connectivity index (χ3v) is 12.9. The predicted molar refractivity (Wildman–Crippen MR) is 228 cm³/mol. The average Bonchev–Trinajstić information content (AvgIpc) is 3.73. The molecule has 4 aliphatic rings. The van der Waals surface area contributed by atoms with Crippen molar-refractivity contribution in [1.29, 1.82) is 0 Å². The number of benzene rings is 2. The topological polar surface area (TPSA) is 142 Å². The molecule has 2 aromatic carbocycles. The Hall–Kier alpha value is -4.56. The number of fused-ring (bicyclic) bond motifs is 2. The standard InChI is InChI=1S/C31H39N3O4.C16H25N3O3/c1-3-34-29-27(28(32-34)10-7-17-38-22-25-8-5-4-6-9-25)20-31(15-18-37-19-16-31)23-33(30(29)35)21-24-11-13-26(36-2)14-12-24;1-2-19-14-12(13(18-19)4-3-7-20)10-16(11-17-15(14)21)5-8-22-9-6-16/h4-6,8-9,11-14H,3,7,10,15-23H2,1-2H3;20H,2-11H2,1H3,(H,17,21). The number of aromatic nitrogens is 4. The Morgan fingerprint density at radius 3 is 2.00 bits per heavy atom. The minimum Gasteiger partial charge on any atom is -0.497 e. The molecule has 0 unspecified atom stereocenters. The molecule has 0 atom stereocenters. The minimum atomic E-state index is -0.0111. The lowest BCUT2D eigenvalue weighted by atomic mass is 9.75. The third kappa shape index (κ3) is 10.1. The molecule has 0 bridgehead atoms. The van der Waals surface area contributed by atoms with E-state index in [2.05, 4.69) is 29.5 Å². The molecular formula is C47H64N6O7. The van der Waals surface area contributed by atoms with Crippen LogP contribution in [0.4, 0.5) is 0 Å². The Morgan fingerprint density at radius 2 is 1.37 bits per heavy atom. The normalized spacial score (nSPS) is 18.2. The quantitative estimate of drug-likeness (QED) is 0.147. The first kappa shape index (κ1) is 43.5. The summed E-state index contributed by atoms with van der Waals surface area (Å²) in [6.07, 6.45) is 8.71. The van der Waals surface area contributed by atoms with Crippen LogP contribution in [0.15, 0.2) is 54.6 Å². The molecule has 2 aromatic heterocycles. The molecule has 6 heterocycles. The van der Waals surface area contributed by atoms with Gasteiger partial charge < -0.3 is 34.3 Å². The highest BCUT2D eigenvalue weighted by Gasteiger charge is 2.43. The van der Waals surface area contributed by atoms with E-state index in [1.165, 1.54) is 5.56 Å². The van der Waals surface area contributed by atoms with Crippen molar-refractivity contribution in [1.82, 2.24) is 29.8 Å². The number of aliphatic hydroxyl groups excluding tert-OH is 1. The number of aryl methyl sites for hydroxylation is 4. The lowest BCUT2D eigenvalue weighted by Crippen LogP contribution is -2.43. The third-order valence-electron chi connectivity index (χ3n) is 12.9. The highest BCUT2D eigenvalue weighted by Crippen LogP contribution is 2.41. The number of aliphatic hydroxyl groups is 1. The van der Waals surface area contributed by atoms with Crippen molar-refractivity contribution in [2.45, 2.75) is 104 Å². The molecule has 4 aliphatic heterocycles. The van der Waals surface area contributed by atoms with Crippen LogP contribution in [0.5, 0.6) is 5.75 Å². The highest BCUT2D eigenvalue weighted by atomic mass is 16.5. The fraction of sp³-hybridized carbons (Fsp3) is 0.574. The van der Waals surface area contributed by atoms with Crippen LogP contribution in [0.25, 0.3) is 0 Å². The first-order valence-corrected chi connectivity index (χ1v) is 22.1. The molecule has 13 heteroatoms. The number of rotatable bonds is 14. The van der Waals surface area contributed by atoms with E-state index < -0.39 is 0 Å². The van der Waals surface area contributed by atoms with Gasteiger partial charge in [-0.05, 0) is 112 Å². The van der Waals surface area contributed by atoms with E-state index in [9.17, 15) is 9.59 Å². The number of amides is 2. The Labute approximate surface area is 354 Å². The maximum Gasteiger partial charge on any atom is 0.272 e. The Morgan fingerprint density at radius 1 is 0.767 bits per heavy atom. The summed E-state index contributed by atoms with van der Waals surface area (Å²) in [5, 5.41) is 21.8. The molecule has 0 aliphatic carbocycles. The molecule has 324 valence electrons. The number of ether oxygens (including phenoxy) is 4. The molecule has 2 N–H and O–H groups in total. The fourth-order valence-electron chi connectivity index (χ4n) is 9.40. The van der Waals surface area contributed by atoms with Gasteiger partial charge in [-0.25, -0.2) is 0 Å². The molecule has 13 nitrogen and oxygen atoms in total. The minimum absolute atomic E-state index is 0.00575. The predicted octanol–water partition coefficient (Wildman–Crippen LogP) is 5.97. The first-order chi connectivity index (χ1) is 29.3. The maximum absolute atomic E-state index is 14.1. The van der Waals surface area contributed by atoms with Gasteiger partial charge in [0, 0.05) is 83.5 Å². The molecule has 0 radical (unpaired) electrons. The van der Waals surface area contributed by atoms with Crippen LogP contribution in [0.1, 0.15) is 107 Å². The summed E-state index contributed by atoms with van der Waals surface area (Å²) in [4.78, 5) is 28.7. The summed E-state index contributed by atoms with van der Waals surface area (Å²) in [5.41, 5.74) is 8.13. The van der Waals surface area contributed by atoms with Crippen molar-refractivity contribution in [2.24, 2.45) is 10.8 Å². The smallest absolute Gasteiger partial charge is 0.272 e. The van der Waals surface area contributed by atoms with Crippen molar-refractivity contribution in [3.8, 4) is 5.75 Å². The fourth-order valence-corrected chi connectivity index (χ4v) is 9.40. The van der Waals surface area contributed by atoms with E-state index in [4.69, 9.17) is 29.2 Å². The molecule has 60 heavy (non-hydrogen) atoms. The zero-order valence-electron chi connectivity index (χ0n) is 35.9. The zero-order valence-corrected chi connectivity index (χ0v) is 35.9. The van der Waals surface area contributed by atoms with E-state index >= 15 is 0 Å². The van der Waals surface area contributed by atoms with E-state index in [1.807, 2.05) is 63.7 Å². The largest absolute Gasteiger partial charge is 0.497 e. The molecule has 2 fully saturated rings. The van der Waals surface area contributed by atoms with E-state index in [-0.39, 0.29) is 29.3 Å². The van der Waals surface area contributed by atoms with Gasteiger partial charge >= 0.3 is 0 Å². The number of hydrogen-bond donors (Lipinski definition) is 2. The van der Waals surface area contributed by atoms with E-state index in [0.717, 1.165) is 136 Å². The molecule has 8 rings (SSSR count). The Bertz CT molecular complexity index is 2020. The van der Waals surface area contributed by atoms with Gasteiger partial charge in [-0.15, -0.1) is 0 Å². The number of methoxy groups -OCH3 is 1. The summed E-state index contributed by atoms with van der Waals surface area (Å²) in [7, 11) is 1.67. The summed E-state index contributed by atoms with van der Waals surface area (Å²) in [6, 6.07) is 18.3. The zero-order chi connectivity index (χ0) is 42.0. The van der Waals surface area contributed by atoms with Gasteiger partial charge in [0.25, 0.3) is 11.8 Å². The molecular weight excluding hydrogens is 761 g/mol. The van der Waals surface area contributed by atoms with Crippen molar-refractivity contribution < 1.29 is 33.6 Å². The van der Waals surface area contributed by atoms with Crippen molar-refractivity contribution in [3.05, 3.63) is 99.6 Å². The van der Waals surface area contributed by atoms with E-state index in [0.29, 0.717) is 45.8 Å². The second kappa shape index (κ2) is 20.3. The van der Waals surface area contributed by atoms with Gasteiger partial charge in [-0.2, -0.15) is 10.2 Å². The Kier molecular flexibility index (Phi) is 14.8. The number of nitrogens with zero attached hydrogens (tertiary/aromatic N) is 5. The van der Waals surface area contributed by atoms with Crippen LogP contribution in [0.3, 0.4) is 0 Å². The SMILES string of the molecule is CCn1nc(CCCO)c2c1C(=O)NCC1(CCOCC1)C2.CCn1nc(CCCOCc2ccccc2)c2c1C(=O)N(Cc1ccc(OC)cc1)CC1(CCOCC1)C2. The summed E-state index contributed by atoms with van der Waals surface area (Å²) >= 11 is 0. The van der Waals surface area contributed by atoms with Gasteiger partial charge in [0.05, 0.1) is 25.1 Å². The van der Waals surface area contributed by atoms with Gasteiger partial charge in [0.2, 0.25) is 0 Å². The molecule has 0 saturated carbocycles. The lowest BCUT2D eigenvalue weighted by molar-refractivity contribution is -0.00208. The van der Waals surface area contributed by atoms with Gasteiger partial charge in [-0.1, -0.05) is 42.5 Å². The maximum atomic E-state index is 14.1. The second-order valence-corrected chi connectivity index (χ2v) is 16.9. The average molecular weight is 825 g/mol. The van der Waals surface area contributed by atoms with Crippen LogP contribution in [-0.2, 0) is 66.1 Å². The van der Waals surface area contributed by atoms with Gasteiger partial charge in [-0.3, -0.25) is 19.0 Å². The number of carbonyl (C=O) groups is 2. The van der Waals surface area contributed by atoms with Crippen LogP contribution in [0.2, 0.25) is 0 Å². The number of hydrogen-bond acceptors (Lipinski definition) is 9. The summed E-state index contributed by atoms with van der Waals surface area (Å²) < 4.78 is 26.3. The van der Waals surface area contributed by atoms with Gasteiger partial charge in [0.1, 0.15) is 17.1 Å². The van der Waals surface area contributed by atoms with Crippen molar-refractivity contribution in [3.63, 3.8) is 0 Å². The monoisotopic (exact) mass is 824 g/mol. The van der Waals surface area contributed by atoms with Crippen molar-refractivity contribution in [2.75, 3.05) is 59.8 Å². The summed E-state index contributed by atoms with van der Waals surface area (Å²) in [6.45, 7) is 11.9. The molecule has 4 aromatic rings. The Balaban J connectivity index is 0.000000210. The number of nitrogens with one attached hydrogen (secondary N) is 1. The van der Waals surface area contributed by atoms with Crippen LogP contribution in [-0.4, -0.2) is 101 Å². The van der Waals surface area contributed by atoms with Crippen LogP contribution >= 0.6 is 0 Å². The molecule has 2 spiro atoms.